The summed E-state index contributed by atoms with van der Waals surface area (Å²) in [7, 11) is 1.64. The largest absolute Gasteiger partial charge is 0.383 e. The van der Waals surface area contributed by atoms with E-state index >= 15 is 0 Å². The van der Waals surface area contributed by atoms with Crippen LogP contribution in [0.3, 0.4) is 0 Å². The number of fused-ring (bicyclic) bond motifs is 1. The SMILES string of the molecule is COCCNC(=O)c1cc2c(s1)CCC(C)C2. The van der Waals surface area contributed by atoms with Crippen molar-refractivity contribution in [3.05, 3.63) is 21.4 Å². The van der Waals surface area contributed by atoms with Crippen LogP contribution >= 0.6 is 11.3 Å². The quantitative estimate of drug-likeness (QED) is 0.836. The number of hydrogen-bond donors (Lipinski definition) is 1. The van der Waals surface area contributed by atoms with Crippen LogP contribution in [0.15, 0.2) is 6.07 Å². The van der Waals surface area contributed by atoms with Crippen molar-refractivity contribution in [1.29, 1.82) is 0 Å². The molecule has 2 rings (SSSR count). The third-order valence-electron chi connectivity index (χ3n) is 3.14. The number of carbonyl (C=O) groups excluding carboxylic acids is 1. The Morgan fingerprint density at radius 1 is 1.65 bits per heavy atom. The monoisotopic (exact) mass is 253 g/mol. The topological polar surface area (TPSA) is 38.3 Å². The Labute approximate surface area is 106 Å². The van der Waals surface area contributed by atoms with Crippen LogP contribution < -0.4 is 5.32 Å². The normalized spacial score (nSPS) is 18.8. The van der Waals surface area contributed by atoms with E-state index in [1.54, 1.807) is 18.4 Å². The molecule has 3 nitrogen and oxygen atoms in total. The Balaban J connectivity index is 2.00. The molecule has 1 aromatic rings. The fraction of sp³-hybridized carbons (Fsp3) is 0.615. The van der Waals surface area contributed by atoms with E-state index in [4.69, 9.17) is 4.74 Å². The number of aryl methyl sites for hydroxylation is 1. The van der Waals surface area contributed by atoms with Crippen LogP contribution in [0.2, 0.25) is 0 Å². The molecule has 0 spiro atoms. The minimum atomic E-state index is 0.0362. The van der Waals surface area contributed by atoms with Gasteiger partial charge < -0.3 is 10.1 Å². The molecule has 1 aromatic heterocycles. The average Bonchev–Trinajstić information content (AvgIpc) is 2.72. The van der Waals surface area contributed by atoms with E-state index in [0.717, 1.165) is 23.6 Å². The van der Waals surface area contributed by atoms with Crippen LogP contribution in [-0.4, -0.2) is 26.2 Å². The third kappa shape index (κ3) is 3.07. The Kier molecular flexibility index (Phi) is 4.18. The van der Waals surface area contributed by atoms with Gasteiger partial charge in [-0.2, -0.15) is 0 Å². The average molecular weight is 253 g/mol. The molecule has 0 aromatic carbocycles. The highest BCUT2D eigenvalue weighted by Gasteiger charge is 2.20. The summed E-state index contributed by atoms with van der Waals surface area (Å²) in [5.74, 6) is 0.788. The Hall–Kier alpha value is -0.870. The number of rotatable bonds is 4. The van der Waals surface area contributed by atoms with Crippen molar-refractivity contribution >= 4 is 17.2 Å². The van der Waals surface area contributed by atoms with E-state index in [-0.39, 0.29) is 5.91 Å². The van der Waals surface area contributed by atoms with Gasteiger partial charge in [-0.1, -0.05) is 6.92 Å². The first-order valence-corrected chi connectivity index (χ1v) is 6.91. The van der Waals surface area contributed by atoms with Gasteiger partial charge in [0.25, 0.3) is 5.91 Å². The number of carbonyl (C=O) groups is 1. The molecule has 1 unspecified atom stereocenters. The molecule has 1 aliphatic rings. The summed E-state index contributed by atoms with van der Waals surface area (Å²) in [4.78, 5) is 14.1. The number of hydrogen-bond acceptors (Lipinski definition) is 3. The van der Waals surface area contributed by atoms with E-state index in [0.29, 0.717) is 13.2 Å². The lowest BCUT2D eigenvalue weighted by atomic mass is 9.90. The zero-order valence-electron chi connectivity index (χ0n) is 10.4. The number of methoxy groups -OCH3 is 1. The molecular weight excluding hydrogens is 234 g/mol. The maximum Gasteiger partial charge on any atom is 0.261 e. The van der Waals surface area contributed by atoms with Crippen LogP contribution in [0, 0.1) is 5.92 Å². The van der Waals surface area contributed by atoms with Crippen molar-refractivity contribution in [3.8, 4) is 0 Å². The van der Waals surface area contributed by atoms with Gasteiger partial charge in [-0.05, 0) is 36.8 Å². The molecule has 1 heterocycles. The molecule has 0 saturated heterocycles. The molecule has 94 valence electrons. The number of thiophene rings is 1. The first kappa shape index (κ1) is 12.6. The molecule has 0 fully saturated rings. The molecule has 1 atom stereocenters. The Morgan fingerprint density at radius 2 is 2.47 bits per heavy atom. The summed E-state index contributed by atoms with van der Waals surface area (Å²) >= 11 is 1.65. The van der Waals surface area contributed by atoms with Crippen LogP contribution in [0.25, 0.3) is 0 Å². The molecule has 17 heavy (non-hydrogen) atoms. The predicted molar refractivity (Wildman–Crippen MR) is 69.7 cm³/mol. The third-order valence-corrected chi connectivity index (χ3v) is 4.38. The van der Waals surface area contributed by atoms with Gasteiger partial charge in [0.05, 0.1) is 11.5 Å². The van der Waals surface area contributed by atoms with Gasteiger partial charge in [0.15, 0.2) is 0 Å². The maximum absolute atomic E-state index is 11.9. The number of amides is 1. The summed E-state index contributed by atoms with van der Waals surface area (Å²) in [6.07, 6.45) is 3.50. The summed E-state index contributed by atoms with van der Waals surface area (Å²) in [6.45, 7) is 3.42. The van der Waals surface area contributed by atoms with Gasteiger partial charge in [-0.15, -0.1) is 11.3 Å². The van der Waals surface area contributed by atoms with E-state index in [2.05, 4.69) is 18.3 Å². The number of ether oxygens (including phenoxy) is 1. The van der Waals surface area contributed by atoms with E-state index in [1.807, 2.05) is 0 Å². The second-order valence-corrected chi connectivity index (χ2v) is 5.79. The van der Waals surface area contributed by atoms with Crippen LogP contribution in [0.1, 0.15) is 33.5 Å². The smallest absolute Gasteiger partial charge is 0.261 e. The molecule has 1 N–H and O–H groups in total. The first-order valence-electron chi connectivity index (χ1n) is 6.09. The maximum atomic E-state index is 11.9. The van der Waals surface area contributed by atoms with E-state index in [1.165, 1.54) is 16.9 Å². The summed E-state index contributed by atoms with van der Waals surface area (Å²) in [5.41, 5.74) is 1.38. The molecule has 1 aliphatic carbocycles. The summed E-state index contributed by atoms with van der Waals surface area (Å²) in [5, 5.41) is 2.87. The van der Waals surface area contributed by atoms with Gasteiger partial charge in [-0.3, -0.25) is 4.79 Å². The van der Waals surface area contributed by atoms with Crippen molar-refractivity contribution in [1.82, 2.24) is 5.32 Å². The van der Waals surface area contributed by atoms with Crippen molar-refractivity contribution in [2.45, 2.75) is 26.2 Å². The lowest BCUT2D eigenvalue weighted by molar-refractivity contribution is 0.0941. The van der Waals surface area contributed by atoms with Gasteiger partial charge in [0.1, 0.15) is 0 Å². The highest BCUT2D eigenvalue weighted by Crippen LogP contribution is 2.32. The highest BCUT2D eigenvalue weighted by molar-refractivity contribution is 7.14. The van der Waals surface area contributed by atoms with Gasteiger partial charge in [0, 0.05) is 18.5 Å². The zero-order chi connectivity index (χ0) is 12.3. The Bertz CT molecular complexity index is 400. The van der Waals surface area contributed by atoms with E-state index in [9.17, 15) is 4.79 Å². The predicted octanol–water partition coefficient (Wildman–Crippen LogP) is 2.25. The van der Waals surface area contributed by atoms with Crippen LogP contribution in [0.4, 0.5) is 0 Å². The molecule has 0 aliphatic heterocycles. The lowest BCUT2D eigenvalue weighted by Gasteiger charge is -2.16. The fourth-order valence-electron chi connectivity index (χ4n) is 2.17. The standard InChI is InChI=1S/C13H19NO2S/c1-9-3-4-11-10(7-9)8-12(17-11)13(15)14-5-6-16-2/h8-9H,3-7H2,1-2H3,(H,14,15). The molecule has 0 saturated carbocycles. The van der Waals surface area contributed by atoms with Gasteiger partial charge in [-0.25, -0.2) is 0 Å². The van der Waals surface area contributed by atoms with Crippen molar-refractivity contribution in [2.24, 2.45) is 5.92 Å². The Morgan fingerprint density at radius 3 is 3.24 bits per heavy atom. The molecular formula is C13H19NO2S. The fourth-order valence-corrected chi connectivity index (χ4v) is 3.30. The van der Waals surface area contributed by atoms with Crippen molar-refractivity contribution in [2.75, 3.05) is 20.3 Å². The lowest BCUT2D eigenvalue weighted by Crippen LogP contribution is -2.26. The first-order chi connectivity index (χ1) is 8.20. The number of nitrogens with one attached hydrogen (secondary N) is 1. The van der Waals surface area contributed by atoms with Crippen LogP contribution in [-0.2, 0) is 17.6 Å². The second-order valence-electron chi connectivity index (χ2n) is 4.66. The minimum Gasteiger partial charge on any atom is -0.383 e. The van der Waals surface area contributed by atoms with E-state index < -0.39 is 0 Å². The summed E-state index contributed by atoms with van der Waals surface area (Å²) < 4.78 is 4.91. The van der Waals surface area contributed by atoms with Gasteiger partial charge >= 0.3 is 0 Å². The second kappa shape index (κ2) is 5.65. The van der Waals surface area contributed by atoms with Gasteiger partial charge in [0.2, 0.25) is 0 Å². The molecule has 4 heteroatoms. The zero-order valence-corrected chi connectivity index (χ0v) is 11.2. The minimum absolute atomic E-state index is 0.0362. The summed E-state index contributed by atoms with van der Waals surface area (Å²) in [6, 6.07) is 2.07. The molecule has 1 amide bonds. The van der Waals surface area contributed by atoms with Crippen molar-refractivity contribution in [3.63, 3.8) is 0 Å². The van der Waals surface area contributed by atoms with Crippen molar-refractivity contribution < 1.29 is 9.53 Å². The molecule has 0 bridgehead atoms. The van der Waals surface area contributed by atoms with Crippen LogP contribution in [0.5, 0.6) is 0 Å². The highest BCUT2D eigenvalue weighted by atomic mass is 32.1. The molecule has 0 radical (unpaired) electrons.